The van der Waals surface area contributed by atoms with Crippen molar-refractivity contribution >= 4 is 17.2 Å². The zero-order valence-corrected chi connectivity index (χ0v) is 15.7. The van der Waals surface area contributed by atoms with Gasteiger partial charge in [0.15, 0.2) is 0 Å². The van der Waals surface area contributed by atoms with E-state index in [2.05, 4.69) is 27.5 Å². The van der Waals surface area contributed by atoms with E-state index in [0.717, 1.165) is 49.7 Å². The van der Waals surface area contributed by atoms with Crippen molar-refractivity contribution in [2.45, 2.75) is 13.5 Å². The fourth-order valence-electron chi connectivity index (χ4n) is 3.30. The monoisotopic (exact) mass is 366 g/mol. The highest BCUT2D eigenvalue weighted by Gasteiger charge is 2.22. The standard InChI is InChI=1S/C20H22N4OS/c1-16-8-9-21-24(16)18-6-4-17(5-7-18)20(25)23-12-10-22(11-13-23)15-19-3-2-14-26-19/h2-9,14H,10-13,15H2,1H3. The number of rotatable bonds is 4. The highest BCUT2D eigenvalue weighted by atomic mass is 32.1. The van der Waals surface area contributed by atoms with E-state index >= 15 is 0 Å². The molecule has 1 amide bonds. The first-order valence-corrected chi connectivity index (χ1v) is 9.74. The first kappa shape index (κ1) is 17.0. The molecule has 1 fully saturated rings. The molecule has 1 aliphatic heterocycles. The summed E-state index contributed by atoms with van der Waals surface area (Å²) >= 11 is 1.79. The lowest BCUT2D eigenvalue weighted by Crippen LogP contribution is -2.48. The van der Waals surface area contributed by atoms with Crippen LogP contribution in [-0.4, -0.2) is 51.7 Å². The van der Waals surface area contributed by atoms with Gasteiger partial charge in [0.25, 0.3) is 5.91 Å². The van der Waals surface area contributed by atoms with E-state index in [9.17, 15) is 4.79 Å². The zero-order valence-electron chi connectivity index (χ0n) is 14.8. The molecule has 5 nitrogen and oxygen atoms in total. The van der Waals surface area contributed by atoms with Crippen LogP contribution in [0.2, 0.25) is 0 Å². The van der Waals surface area contributed by atoms with Gasteiger partial charge in [0.2, 0.25) is 0 Å². The van der Waals surface area contributed by atoms with E-state index in [1.165, 1.54) is 4.88 Å². The maximum Gasteiger partial charge on any atom is 0.253 e. The van der Waals surface area contributed by atoms with E-state index in [0.29, 0.717) is 0 Å². The molecule has 2 aromatic heterocycles. The van der Waals surface area contributed by atoms with Gasteiger partial charge in [-0.05, 0) is 48.7 Å². The minimum absolute atomic E-state index is 0.115. The Morgan fingerprint density at radius 1 is 1.08 bits per heavy atom. The lowest BCUT2D eigenvalue weighted by Gasteiger charge is -2.34. The highest BCUT2D eigenvalue weighted by molar-refractivity contribution is 7.09. The fourth-order valence-corrected chi connectivity index (χ4v) is 4.05. The summed E-state index contributed by atoms with van der Waals surface area (Å²) in [6.07, 6.45) is 1.78. The maximum atomic E-state index is 12.8. The molecule has 134 valence electrons. The molecule has 1 saturated heterocycles. The first-order valence-electron chi connectivity index (χ1n) is 8.86. The highest BCUT2D eigenvalue weighted by Crippen LogP contribution is 2.16. The predicted molar refractivity (Wildman–Crippen MR) is 104 cm³/mol. The molecule has 0 radical (unpaired) electrons. The van der Waals surface area contributed by atoms with Crippen LogP contribution in [0.25, 0.3) is 5.69 Å². The Balaban J connectivity index is 1.37. The van der Waals surface area contributed by atoms with Crippen LogP contribution in [0.15, 0.2) is 54.0 Å². The second-order valence-corrected chi connectivity index (χ2v) is 7.61. The predicted octanol–water partition coefficient (Wildman–Crippen LogP) is 3.20. The summed E-state index contributed by atoms with van der Waals surface area (Å²) in [5.41, 5.74) is 2.79. The molecule has 0 unspecified atom stereocenters. The van der Waals surface area contributed by atoms with Crippen molar-refractivity contribution in [3.8, 4) is 5.69 Å². The van der Waals surface area contributed by atoms with E-state index < -0.39 is 0 Å². The SMILES string of the molecule is Cc1ccnn1-c1ccc(C(=O)N2CCN(Cc3cccs3)CC2)cc1. The van der Waals surface area contributed by atoms with Crippen molar-refractivity contribution in [1.82, 2.24) is 19.6 Å². The molecule has 4 rings (SSSR count). The third-order valence-corrected chi connectivity index (χ3v) is 5.67. The number of hydrogen-bond donors (Lipinski definition) is 0. The van der Waals surface area contributed by atoms with Crippen molar-refractivity contribution in [2.75, 3.05) is 26.2 Å². The molecule has 0 bridgehead atoms. The summed E-state index contributed by atoms with van der Waals surface area (Å²) in [6.45, 7) is 6.41. The minimum Gasteiger partial charge on any atom is -0.336 e. The number of hydrogen-bond acceptors (Lipinski definition) is 4. The van der Waals surface area contributed by atoms with Crippen molar-refractivity contribution in [3.05, 3.63) is 70.2 Å². The first-order chi connectivity index (χ1) is 12.7. The van der Waals surface area contributed by atoms with Crippen LogP contribution in [-0.2, 0) is 6.54 Å². The number of carbonyl (C=O) groups is 1. The Kier molecular flexibility index (Phi) is 4.86. The van der Waals surface area contributed by atoms with Crippen LogP contribution in [0.1, 0.15) is 20.9 Å². The third-order valence-electron chi connectivity index (χ3n) is 4.81. The molecule has 0 atom stereocenters. The average Bonchev–Trinajstić information content (AvgIpc) is 3.34. The summed E-state index contributed by atoms with van der Waals surface area (Å²) in [6, 6.07) is 13.9. The van der Waals surface area contributed by atoms with Gasteiger partial charge in [0.1, 0.15) is 0 Å². The molecule has 0 aliphatic carbocycles. The molecular formula is C20H22N4OS. The Morgan fingerprint density at radius 2 is 1.85 bits per heavy atom. The topological polar surface area (TPSA) is 41.4 Å². The van der Waals surface area contributed by atoms with Crippen LogP contribution in [0.3, 0.4) is 0 Å². The molecule has 0 N–H and O–H groups in total. The van der Waals surface area contributed by atoms with Gasteiger partial charge in [-0.25, -0.2) is 4.68 Å². The molecule has 0 spiro atoms. The molecule has 26 heavy (non-hydrogen) atoms. The van der Waals surface area contributed by atoms with Crippen LogP contribution in [0, 0.1) is 6.92 Å². The smallest absolute Gasteiger partial charge is 0.253 e. The number of thiophene rings is 1. The molecule has 6 heteroatoms. The lowest BCUT2D eigenvalue weighted by atomic mass is 10.1. The van der Waals surface area contributed by atoms with E-state index in [4.69, 9.17) is 0 Å². The Bertz CT molecular complexity index is 862. The number of aryl methyl sites for hydroxylation is 1. The fraction of sp³-hybridized carbons (Fsp3) is 0.300. The van der Waals surface area contributed by atoms with Gasteiger partial charge in [-0.3, -0.25) is 9.69 Å². The van der Waals surface area contributed by atoms with Gasteiger partial charge >= 0.3 is 0 Å². The minimum atomic E-state index is 0.115. The van der Waals surface area contributed by atoms with Crippen LogP contribution < -0.4 is 0 Å². The molecule has 3 aromatic rings. The number of carbonyl (C=O) groups excluding carboxylic acids is 1. The lowest BCUT2D eigenvalue weighted by molar-refractivity contribution is 0.0629. The normalized spacial score (nSPS) is 15.3. The van der Waals surface area contributed by atoms with Gasteiger partial charge in [-0.2, -0.15) is 5.10 Å². The Hall–Kier alpha value is -2.44. The maximum absolute atomic E-state index is 12.8. The van der Waals surface area contributed by atoms with Gasteiger partial charge in [-0.15, -0.1) is 11.3 Å². The van der Waals surface area contributed by atoms with Crippen molar-refractivity contribution in [1.29, 1.82) is 0 Å². The molecule has 1 aromatic carbocycles. The number of piperazine rings is 1. The summed E-state index contributed by atoms with van der Waals surface area (Å²) < 4.78 is 1.87. The van der Waals surface area contributed by atoms with Crippen LogP contribution >= 0.6 is 11.3 Å². The summed E-state index contributed by atoms with van der Waals surface area (Å²) in [4.78, 5) is 18.5. The average molecular weight is 366 g/mol. The van der Waals surface area contributed by atoms with E-state index in [-0.39, 0.29) is 5.91 Å². The summed E-state index contributed by atoms with van der Waals surface area (Å²) in [5.74, 6) is 0.115. The van der Waals surface area contributed by atoms with E-state index in [1.807, 2.05) is 46.8 Å². The number of benzene rings is 1. The quantitative estimate of drug-likeness (QED) is 0.712. The second kappa shape index (κ2) is 7.43. The zero-order chi connectivity index (χ0) is 17.9. The van der Waals surface area contributed by atoms with E-state index in [1.54, 1.807) is 17.5 Å². The Morgan fingerprint density at radius 3 is 2.46 bits per heavy atom. The van der Waals surface area contributed by atoms with Crippen molar-refractivity contribution in [2.24, 2.45) is 0 Å². The molecule has 3 heterocycles. The molecule has 0 saturated carbocycles. The number of nitrogens with zero attached hydrogens (tertiary/aromatic N) is 4. The van der Waals surface area contributed by atoms with Gasteiger partial charge in [-0.1, -0.05) is 6.07 Å². The van der Waals surface area contributed by atoms with Crippen molar-refractivity contribution in [3.63, 3.8) is 0 Å². The van der Waals surface area contributed by atoms with Gasteiger partial charge in [0.05, 0.1) is 5.69 Å². The van der Waals surface area contributed by atoms with Gasteiger partial charge in [0, 0.05) is 55.1 Å². The third kappa shape index (κ3) is 3.57. The number of amides is 1. The largest absolute Gasteiger partial charge is 0.336 e. The van der Waals surface area contributed by atoms with Crippen molar-refractivity contribution < 1.29 is 4.79 Å². The summed E-state index contributed by atoms with van der Waals surface area (Å²) in [5, 5.41) is 6.42. The van der Waals surface area contributed by atoms with Gasteiger partial charge < -0.3 is 4.90 Å². The Labute approximate surface area is 157 Å². The second-order valence-electron chi connectivity index (χ2n) is 6.58. The summed E-state index contributed by atoms with van der Waals surface area (Å²) in [7, 11) is 0. The number of aromatic nitrogens is 2. The van der Waals surface area contributed by atoms with Crippen LogP contribution in [0.4, 0.5) is 0 Å². The van der Waals surface area contributed by atoms with Crippen LogP contribution in [0.5, 0.6) is 0 Å². The molecular weight excluding hydrogens is 344 g/mol. The molecule has 1 aliphatic rings.